The van der Waals surface area contributed by atoms with E-state index in [4.69, 9.17) is 5.11 Å². The molecule has 0 bridgehead atoms. The van der Waals surface area contributed by atoms with Gasteiger partial charge in [-0.05, 0) is 5.56 Å². The largest absolute Gasteiger partial charge is 0.480 e. The van der Waals surface area contributed by atoms with Crippen LogP contribution in [0, 0.1) is 10.1 Å². The van der Waals surface area contributed by atoms with Gasteiger partial charge in [-0.15, -0.1) is 0 Å². The van der Waals surface area contributed by atoms with Crippen LogP contribution < -0.4 is 0 Å². The van der Waals surface area contributed by atoms with Gasteiger partial charge in [0.25, 0.3) is 11.6 Å². The Morgan fingerprint density at radius 3 is 2.59 bits per heavy atom. The minimum Gasteiger partial charge on any atom is -0.480 e. The number of benzene rings is 1. The first-order valence-corrected chi connectivity index (χ1v) is 6.08. The van der Waals surface area contributed by atoms with Crippen molar-refractivity contribution in [3.05, 3.63) is 52.2 Å². The molecule has 1 aliphatic rings. The van der Waals surface area contributed by atoms with Gasteiger partial charge in [-0.2, -0.15) is 0 Å². The zero-order valence-electron chi connectivity index (χ0n) is 11.3. The number of imide groups is 1. The summed E-state index contributed by atoms with van der Waals surface area (Å²) in [5, 5.41) is 19.4. The highest BCUT2D eigenvalue weighted by atomic mass is 16.6. The number of urea groups is 1. The third kappa shape index (κ3) is 2.77. The average molecular weight is 305 g/mol. The molecule has 3 amide bonds. The van der Waals surface area contributed by atoms with Gasteiger partial charge >= 0.3 is 12.0 Å². The lowest BCUT2D eigenvalue weighted by Gasteiger charge is -2.15. The summed E-state index contributed by atoms with van der Waals surface area (Å²) >= 11 is 0. The summed E-state index contributed by atoms with van der Waals surface area (Å²) in [6.07, 6.45) is 0. The molecule has 22 heavy (non-hydrogen) atoms. The van der Waals surface area contributed by atoms with Crippen LogP contribution in [0.2, 0.25) is 0 Å². The standard InChI is InChI=1S/C13H11N3O6/c1-8-12(19)15(13(20)14(8)7-11(17)18)6-9-3-2-4-10(5-9)16(21)22/h2-5H,1,6-7H2,(H,17,18). The fourth-order valence-electron chi connectivity index (χ4n) is 2.01. The topological polar surface area (TPSA) is 121 Å². The van der Waals surface area contributed by atoms with E-state index in [2.05, 4.69) is 6.58 Å². The van der Waals surface area contributed by atoms with Crippen LogP contribution in [-0.4, -0.2) is 44.3 Å². The normalized spacial score (nSPS) is 14.6. The first-order valence-electron chi connectivity index (χ1n) is 6.08. The molecule has 1 saturated heterocycles. The van der Waals surface area contributed by atoms with E-state index in [1.54, 1.807) is 0 Å². The van der Waals surface area contributed by atoms with Crippen LogP contribution in [0.5, 0.6) is 0 Å². The predicted molar refractivity (Wildman–Crippen MR) is 72.5 cm³/mol. The Bertz CT molecular complexity index is 699. The Hall–Kier alpha value is -3.23. The van der Waals surface area contributed by atoms with Gasteiger partial charge in [-0.25, -0.2) is 4.79 Å². The summed E-state index contributed by atoms with van der Waals surface area (Å²) in [6, 6.07) is 4.66. The maximum absolute atomic E-state index is 12.1. The van der Waals surface area contributed by atoms with E-state index >= 15 is 0 Å². The first-order chi connectivity index (χ1) is 10.3. The number of nitro groups is 1. The molecule has 0 spiro atoms. The number of nitrogens with zero attached hydrogens (tertiary/aromatic N) is 3. The second-order valence-electron chi connectivity index (χ2n) is 4.53. The number of aliphatic carboxylic acids is 1. The van der Waals surface area contributed by atoms with Gasteiger partial charge in [0.05, 0.1) is 11.5 Å². The lowest BCUT2D eigenvalue weighted by atomic mass is 10.2. The number of carboxylic acid groups (broad SMARTS) is 1. The number of amides is 3. The minimum absolute atomic E-state index is 0.169. The molecule has 0 aromatic heterocycles. The molecule has 0 saturated carbocycles. The monoisotopic (exact) mass is 305 g/mol. The molecule has 1 aromatic rings. The maximum Gasteiger partial charge on any atom is 0.332 e. The third-order valence-electron chi connectivity index (χ3n) is 3.04. The number of hydrogen-bond donors (Lipinski definition) is 1. The van der Waals surface area contributed by atoms with E-state index in [1.165, 1.54) is 24.3 Å². The number of nitro benzene ring substituents is 1. The highest BCUT2D eigenvalue weighted by molar-refractivity contribution is 6.11. The SMILES string of the molecule is C=C1C(=O)N(Cc2cccc([N+](=O)[O-])c2)C(=O)N1CC(=O)O. The number of carbonyl (C=O) groups excluding carboxylic acids is 2. The van der Waals surface area contributed by atoms with Crippen molar-refractivity contribution >= 4 is 23.6 Å². The highest BCUT2D eigenvalue weighted by Crippen LogP contribution is 2.23. The van der Waals surface area contributed by atoms with Gasteiger partial charge in [0.15, 0.2) is 0 Å². The van der Waals surface area contributed by atoms with Crippen molar-refractivity contribution in [2.24, 2.45) is 0 Å². The fourth-order valence-corrected chi connectivity index (χ4v) is 2.01. The summed E-state index contributed by atoms with van der Waals surface area (Å²) in [5.41, 5.74) is -0.0310. The van der Waals surface area contributed by atoms with E-state index < -0.39 is 29.4 Å². The van der Waals surface area contributed by atoms with E-state index in [0.29, 0.717) is 5.56 Å². The molecular formula is C13H11N3O6. The van der Waals surface area contributed by atoms with Crippen LogP contribution in [0.4, 0.5) is 10.5 Å². The predicted octanol–water partition coefficient (Wildman–Crippen LogP) is 0.957. The second-order valence-corrected chi connectivity index (χ2v) is 4.53. The Kier molecular flexibility index (Phi) is 3.89. The summed E-state index contributed by atoms with van der Waals surface area (Å²) in [5.74, 6) is -2.00. The van der Waals surface area contributed by atoms with Crippen molar-refractivity contribution in [3.8, 4) is 0 Å². The zero-order chi connectivity index (χ0) is 16.4. The van der Waals surface area contributed by atoms with Crippen molar-refractivity contribution in [1.82, 2.24) is 9.80 Å². The molecule has 9 heteroatoms. The summed E-state index contributed by atoms with van der Waals surface area (Å²) in [6.45, 7) is 2.53. The molecule has 0 unspecified atom stereocenters. The molecule has 0 aliphatic carbocycles. The van der Waals surface area contributed by atoms with Gasteiger partial charge in [0, 0.05) is 12.1 Å². The molecule has 0 atom stereocenters. The molecule has 9 nitrogen and oxygen atoms in total. The van der Waals surface area contributed by atoms with Crippen molar-refractivity contribution in [3.63, 3.8) is 0 Å². The van der Waals surface area contributed by atoms with Gasteiger partial charge in [0.1, 0.15) is 12.2 Å². The smallest absolute Gasteiger partial charge is 0.332 e. The lowest BCUT2D eigenvalue weighted by Crippen LogP contribution is -2.35. The molecule has 1 aliphatic heterocycles. The van der Waals surface area contributed by atoms with Gasteiger partial charge in [-0.3, -0.25) is 29.5 Å². The zero-order valence-corrected chi connectivity index (χ0v) is 11.3. The molecule has 1 N–H and O–H groups in total. The minimum atomic E-state index is -1.28. The molecule has 2 rings (SSSR count). The van der Waals surface area contributed by atoms with Gasteiger partial charge < -0.3 is 5.11 Å². The molecule has 1 fully saturated rings. The highest BCUT2D eigenvalue weighted by Gasteiger charge is 2.40. The molecule has 0 radical (unpaired) electrons. The third-order valence-corrected chi connectivity index (χ3v) is 3.04. The quantitative estimate of drug-likeness (QED) is 0.374. The Morgan fingerprint density at radius 1 is 1.32 bits per heavy atom. The molecule has 1 heterocycles. The molecule has 1 aromatic carbocycles. The molecular weight excluding hydrogens is 294 g/mol. The number of carbonyl (C=O) groups is 3. The maximum atomic E-state index is 12.1. The first kappa shape index (κ1) is 15.2. The summed E-state index contributed by atoms with van der Waals surface area (Å²) < 4.78 is 0. The Labute approximate surface area is 124 Å². The lowest BCUT2D eigenvalue weighted by molar-refractivity contribution is -0.384. The van der Waals surface area contributed by atoms with Crippen molar-refractivity contribution in [2.45, 2.75) is 6.54 Å². The summed E-state index contributed by atoms with van der Waals surface area (Å²) in [7, 11) is 0. The second kappa shape index (κ2) is 5.64. The van der Waals surface area contributed by atoms with E-state index in [1.807, 2.05) is 0 Å². The van der Waals surface area contributed by atoms with E-state index in [0.717, 1.165) is 9.80 Å². The summed E-state index contributed by atoms with van der Waals surface area (Å²) in [4.78, 5) is 46.4. The van der Waals surface area contributed by atoms with Crippen LogP contribution in [0.25, 0.3) is 0 Å². The van der Waals surface area contributed by atoms with Crippen molar-refractivity contribution in [1.29, 1.82) is 0 Å². The van der Waals surface area contributed by atoms with Crippen LogP contribution in [0.1, 0.15) is 5.56 Å². The Balaban J connectivity index is 2.22. The van der Waals surface area contributed by atoms with Crippen molar-refractivity contribution < 1.29 is 24.4 Å². The fraction of sp³-hybridized carbons (Fsp3) is 0.154. The van der Waals surface area contributed by atoms with Crippen molar-refractivity contribution in [2.75, 3.05) is 6.54 Å². The van der Waals surface area contributed by atoms with Crippen LogP contribution in [0.15, 0.2) is 36.5 Å². The number of non-ortho nitro benzene ring substituents is 1. The van der Waals surface area contributed by atoms with Gasteiger partial charge in [0.2, 0.25) is 0 Å². The molecule has 114 valence electrons. The van der Waals surface area contributed by atoms with Gasteiger partial charge in [-0.1, -0.05) is 18.7 Å². The number of rotatable bonds is 5. The number of hydrogen-bond acceptors (Lipinski definition) is 5. The van der Waals surface area contributed by atoms with Crippen LogP contribution in [0.3, 0.4) is 0 Å². The number of carboxylic acids is 1. The van der Waals surface area contributed by atoms with E-state index in [9.17, 15) is 24.5 Å². The Morgan fingerprint density at radius 2 is 2.00 bits per heavy atom. The van der Waals surface area contributed by atoms with Crippen LogP contribution >= 0.6 is 0 Å². The van der Waals surface area contributed by atoms with E-state index in [-0.39, 0.29) is 17.9 Å². The average Bonchev–Trinajstić information content (AvgIpc) is 2.65. The van der Waals surface area contributed by atoms with Crippen LogP contribution in [-0.2, 0) is 16.1 Å².